The summed E-state index contributed by atoms with van der Waals surface area (Å²) in [5.41, 5.74) is 0. The van der Waals surface area contributed by atoms with Crippen LogP contribution in [0, 0.1) is 5.92 Å². The van der Waals surface area contributed by atoms with Gasteiger partial charge in [0.1, 0.15) is 0 Å². The molecule has 0 aromatic rings. The molecule has 2 bridgehead atoms. The van der Waals surface area contributed by atoms with E-state index in [1.54, 1.807) is 0 Å². The van der Waals surface area contributed by atoms with E-state index in [1.165, 1.54) is 25.7 Å². The maximum Gasteiger partial charge on any atom is 0.0978 e. The topological polar surface area (TPSA) is 0 Å². The molecule has 0 amide bonds. The molecular formula is C7H9Br2I. The second-order valence-electron chi connectivity index (χ2n) is 3.36. The lowest BCUT2D eigenvalue weighted by molar-refractivity contribution is 0.507. The zero-order chi connectivity index (χ0) is 7.41. The lowest BCUT2D eigenvalue weighted by atomic mass is 10.0. The van der Waals surface area contributed by atoms with Crippen molar-refractivity contribution in [2.24, 2.45) is 5.92 Å². The van der Waals surface area contributed by atoms with E-state index in [4.69, 9.17) is 0 Å². The fourth-order valence-electron chi connectivity index (χ4n) is 2.14. The van der Waals surface area contributed by atoms with E-state index in [0.29, 0.717) is 3.42 Å². The molecule has 2 aliphatic carbocycles. The summed E-state index contributed by atoms with van der Waals surface area (Å²) in [6.07, 6.45) is 5.57. The minimum absolute atomic E-state index is 0.271. The Bertz CT molecular complexity index is 156. The Kier molecular flexibility index (Phi) is 1.95. The van der Waals surface area contributed by atoms with Crippen molar-refractivity contribution in [1.29, 1.82) is 0 Å². The van der Waals surface area contributed by atoms with E-state index in [9.17, 15) is 0 Å². The molecular weight excluding hydrogens is 371 g/mol. The van der Waals surface area contributed by atoms with Crippen LogP contribution in [0.3, 0.4) is 0 Å². The van der Waals surface area contributed by atoms with Crippen molar-refractivity contribution in [3.05, 3.63) is 0 Å². The van der Waals surface area contributed by atoms with E-state index in [0.717, 1.165) is 5.92 Å². The largest absolute Gasteiger partial charge is 0.0978 e. The monoisotopic (exact) mass is 378 g/mol. The molecule has 10 heavy (non-hydrogen) atoms. The first kappa shape index (κ1) is 8.30. The zero-order valence-electron chi connectivity index (χ0n) is 5.54. The summed E-state index contributed by atoms with van der Waals surface area (Å²) in [5.74, 6) is 0.879. The van der Waals surface area contributed by atoms with Crippen LogP contribution in [0.15, 0.2) is 0 Å². The average molecular weight is 380 g/mol. The van der Waals surface area contributed by atoms with E-state index < -0.39 is 0 Å². The third kappa shape index (κ3) is 0.889. The Morgan fingerprint density at radius 3 is 1.80 bits per heavy atom. The van der Waals surface area contributed by atoms with Crippen LogP contribution in [-0.4, -0.2) is 6.66 Å². The fraction of sp³-hybridized carbons (Fsp3) is 1.00. The van der Waals surface area contributed by atoms with Crippen molar-refractivity contribution < 1.29 is 0 Å². The van der Waals surface area contributed by atoms with Crippen molar-refractivity contribution in [1.82, 2.24) is 0 Å². The third-order valence-corrected chi connectivity index (χ3v) is 9.11. The predicted octanol–water partition coefficient (Wildman–Crippen LogP) is 3.85. The number of rotatable bonds is 0. The zero-order valence-corrected chi connectivity index (χ0v) is 10.9. The predicted molar refractivity (Wildman–Crippen MR) is 59.3 cm³/mol. The van der Waals surface area contributed by atoms with Crippen LogP contribution in [0.5, 0.6) is 0 Å². The highest BCUT2D eigenvalue weighted by Gasteiger charge is 2.60. The van der Waals surface area contributed by atoms with Gasteiger partial charge in [0.15, 0.2) is 0 Å². The van der Waals surface area contributed by atoms with Crippen LogP contribution in [0.4, 0.5) is 0 Å². The normalized spacial score (nSPS) is 50.1. The second-order valence-corrected chi connectivity index (χ2v) is 8.99. The Labute approximate surface area is 91.9 Å². The van der Waals surface area contributed by atoms with Gasteiger partial charge in [-0.1, -0.05) is 54.5 Å². The third-order valence-electron chi connectivity index (χ3n) is 2.89. The maximum atomic E-state index is 3.80. The summed E-state index contributed by atoms with van der Waals surface area (Å²) in [4.78, 5) is 0. The van der Waals surface area contributed by atoms with Crippen molar-refractivity contribution in [3.63, 3.8) is 0 Å². The van der Waals surface area contributed by atoms with E-state index in [2.05, 4.69) is 54.5 Å². The summed E-state index contributed by atoms with van der Waals surface area (Å²) < 4.78 is 0.781. The van der Waals surface area contributed by atoms with Gasteiger partial charge in [0.05, 0.1) is 3.23 Å². The second kappa shape index (κ2) is 2.34. The number of alkyl halides is 3. The molecule has 0 unspecified atom stereocenters. The van der Waals surface area contributed by atoms with Crippen LogP contribution in [-0.2, 0) is 0 Å². The van der Waals surface area contributed by atoms with Gasteiger partial charge in [-0.15, -0.1) is 0 Å². The molecule has 0 heterocycles. The molecule has 0 aliphatic heterocycles. The molecule has 0 aromatic carbocycles. The Morgan fingerprint density at radius 1 is 1.20 bits per heavy atom. The summed E-state index contributed by atoms with van der Waals surface area (Å²) in [5, 5.41) is 0. The lowest BCUT2D eigenvalue weighted by Crippen LogP contribution is -2.30. The SMILES string of the molecule is BrC1(Br)C2CCC1(I)CC2. The van der Waals surface area contributed by atoms with Crippen molar-refractivity contribution in [2.45, 2.75) is 32.3 Å². The molecule has 0 atom stereocenters. The number of hydrogen-bond acceptors (Lipinski definition) is 0. The quantitative estimate of drug-likeness (QED) is 0.443. The first-order chi connectivity index (χ1) is 4.56. The average Bonchev–Trinajstić information content (AvgIpc) is 2.18. The summed E-state index contributed by atoms with van der Waals surface area (Å²) in [6, 6.07) is 0. The number of halogens is 3. The minimum atomic E-state index is 0.271. The van der Waals surface area contributed by atoms with Gasteiger partial charge in [-0.3, -0.25) is 0 Å². The number of hydrogen-bond donors (Lipinski definition) is 0. The number of fused-ring (bicyclic) bond motifs is 2. The molecule has 2 rings (SSSR count). The van der Waals surface area contributed by atoms with Gasteiger partial charge in [-0.05, 0) is 31.6 Å². The Hall–Kier alpha value is 1.69. The van der Waals surface area contributed by atoms with Gasteiger partial charge < -0.3 is 0 Å². The van der Waals surface area contributed by atoms with E-state index in [-0.39, 0.29) is 3.23 Å². The van der Waals surface area contributed by atoms with Gasteiger partial charge in [0.25, 0.3) is 0 Å². The van der Waals surface area contributed by atoms with Crippen molar-refractivity contribution in [3.8, 4) is 0 Å². The van der Waals surface area contributed by atoms with Gasteiger partial charge in [0.2, 0.25) is 0 Å². The molecule has 2 saturated carbocycles. The Balaban J connectivity index is 2.37. The molecule has 2 aliphatic rings. The maximum absolute atomic E-state index is 3.80. The lowest BCUT2D eigenvalue weighted by Gasteiger charge is -2.27. The van der Waals surface area contributed by atoms with Crippen LogP contribution >= 0.6 is 54.5 Å². The minimum Gasteiger partial charge on any atom is -0.0764 e. The molecule has 58 valence electrons. The molecule has 3 heteroatoms. The summed E-state index contributed by atoms with van der Waals surface area (Å²) in [7, 11) is 0. The van der Waals surface area contributed by atoms with Gasteiger partial charge in [-0.25, -0.2) is 0 Å². The van der Waals surface area contributed by atoms with Gasteiger partial charge in [0, 0.05) is 3.42 Å². The van der Waals surface area contributed by atoms with E-state index >= 15 is 0 Å². The molecule has 0 spiro atoms. The van der Waals surface area contributed by atoms with Crippen LogP contribution < -0.4 is 0 Å². The van der Waals surface area contributed by atoms with E-state index in [1.807, 2.05) is 0 Å². The smallest absolute Gasteiger partial charge is 0.0764 e. The molecule has 0 radical (unpaired) electrons. The van der Waals surface area contributed by atoms with Crippen LogP contribution in [0.25, 0.3) is 0 Å². The van der Waals surface area contributed by atoms with Gasteiger partial charge in [-0.2, -0.15) is 0 Å². The summed E-state index contributed by atoms with van der Waals surface area (Å²) >= 11 is 10.2. The fourth-order valence-corrected chi connectivity index (χ4v) is 4.91. The first-order valence-corrected chi connectivity index (χ1v) is 6.29. The Morgan fingerprint density at radius 2 is 1.70 bits per heavy atom. The standard InChI is InChI=1S/C7H9Br2I/c8-7(9)5-1-3-6(7,10)4-2-5/h5H,1-4H2. The van der Waals surface area contributed by atoms with Crippen LogP contribution in [0.1, 0.15) is 25.7 Å². The van der Waals surface area contributed by atoms with Crippen LogP contribution in [0.2, 0.25) is 0 Å². The van der Waals surface area contributed by atoms with Crippen molar-refractivity contribution >= 4 is 54.5 Å². The van der Waals surface area contributed by atoms with Gasteiger partial charge >= 0.3 is 0 Å². The first-order valence-electron chi connectivity index (χ1n) is 3.63. The molecule has 0 N–H and O–H groups in total. The molecule has 2 fully saturated rings. The molecule has 0 nitrogen and oxygen atoms in total. The highest BCUT2D eigenvalue weighted by molar-refractivity contribution is 14.1. The highest BCUT2D eigenvalue weighted by atomic mass is 127. The summed E-state index contributed by atoms with van der Waals surface area (Å²) in [6.45, 7) is 0. The molecule has 0 saturated heterocycles. The van der Waals surface area contributed by atoms with Crippen molar-refractivity contribution in [2.75, 3.05) is 0 Å². The molecule has 0 aromatic heterocycles. The highest BCUT2D eigenvalue weighted by Crippen LogP contribution is 2.66.